The molecule has 1 atom stereocenters. The number of carbonyl (C=O) groups is 1. The molecule has 0 bridgehead atoms. The summed E-state index contributed by atoms with van der Waals surface area (Å²) in [6.07, 6.45) is 1.92. The van der Waals surface area contributed by atoms with Crippen molar-refractivity contribution in [2.24, 2.45) is 5.73 Å². The number of primary amides is 1. The maximum absolute atomic E-state index is 11.0. The molecule has 2 rings (SSSR count). The van der Waals surface area contributed by atoms with Crippen molar-refractivity contribution in [1.82, 2.24) is 10.3 Å². The molecule has 1 amide bonds. The second kappa shape index (κ2) is 5.10. The molecular formula is C13H17N3O2. The quantitative estimate of drug-likeness (QED) is 0.741. The maximum Gasteiger partial charge on any atom is 0.234 e. The van der Waals surface area contributed by atoms with Gasteiger partial charge in [-0.1, -0.05) is 0 Å². The van der Waals surface area contributed by atoms with Gasteiger partial charge in [0, 0.05) is 23.6 Å². The van der Waals surface area contributed by atoms with Crippen LogP contribution in [0.3, 0.4) is 0 Å². The Labute approximate surface area is 105 Å². The van der Waals surface area contributed by atoms with Gasteiger partial charge in [0.15, 0.2) is 0 Å². The Hall–Kier alpha value is -2.01. The average Bonchev–Trinajstić information content (AvgIpc) is 2.77. The number of nitrogens with two attached hydrogens (primary N) is 1. The third kappa shape index (κ3) is 2.46. The fourth-order valence-corrected chi connectivity index (χ4v) is 1.79. The SMILES string of the molecule is COc1ccc2[nH]cc(CN[C@@H](C)C(N)=O)c2c1. The molecule has 0 spiro atoms. The number of aromatic amines is 1. The number of H-pyrrole nitrogens is 1. The third-order valence-corrected chi connectivity index (χ3v) is 3.00. The molecule has 0 aliphatic carbocycles. The Balaban J connectivity index is 2.20. The van der Waals surface area contributed by atoms with Gasteiger partial charge in [0.2, 0.25) is 5.91 Å². The van der Waals surface area contributed by atoms with E-state index in [2.05, 4.69) is 10.3 Å². The van der Waals surface area contributed by atoms with Crippen molar-refractivity contribution in [3.8, 4) is 5.75 Å². The molecule has 96 valence electrons. The number of hydrogen-bond donors (Lipinski definition) is 3. The number of ether oxygens (including phenoxy) is 1. The minimum atomic E-state index is -0.354. The van der Waals surface area contributed by atoms with Gasteiger partial charge in [-0.25, -0.2) is 0 Å². The van der Waals surface area contributed by atoms with Crippen LogP contribution in [0.4, 0.5) is 0 Å². The predicted octanol–water partition coefficient (Wildman–Crippen LogP) is 1.14. The maximum atomic E-state index is 11.0. The molecular weight excluding hydrogens is 230 g/mol. The van der Waals surface area contributed by atoms with Crippen LogP contribution in [0, 0.1) is 0 Å². The lowest BCUT2D eigenvalue weighted by molar-refractivity contribution is -0.119. The molecule has 0 radical (unpaired) electrons. The van der Waals surface area contributed by atoms with Crippen LogP contribution in [0.2, 0.25) is 0 Å². The Morgan fingerprint density at radius 2 is 2.33 bits per heavy atom. The third-order valence-electron chi connectivity index (χ3n) is 3.00. The summed E-state index contributed by atoms with van der Waals surface area (Å²) in [6.45, 7) is 2.33. The lowest BCUT2D eigenvalue weighted by atomic mass is 10.1. The summed E-state index contributed by atoms with van der Waals surface area (Å²) in [5.41, 5.74) is 7.33. The van der Waals surface area contributed by atoms with Gasteiger partial charge in [0.05, 0.1) is 13.2 Å². The standard InChI is InChI=1S/C13H17N3O2/c1-8(13(14)17)15-6-9-7-16-12-4-3-10(18-2)5-11(9)12/h3-5,7-8,15-16H,6H2,1-2H3,(H2,14,17)/t8-/m0/s1. The molecule has 1 aromatic heterocycles. The van der Waals surface area contributed by atoms with Crippen LogP contribution in [0.15, 0.2) is 24.4 Å². The van der Waals surface area contributed by atoms with Crippen LogP contribution in [-0.4, -0.2) is 24.0 Å². The topological polar surface area (TPSA) is 80.1 Å². The number of carbonyl (C=O) groups excluding carboxylic acids is 1. The van der Waals surface area contributed by atoms with E-state index in [9.17, 15) is 4.79 Å². The van der Waals surface area contributed by atoms with E-state index >= 15 is 0 Å². The number of methoxy groups -OCH3 is 1. The van der Waals surface area contributed by atoms with Crippen LogP contribution in [0.1, 0.15) is 12.5 Å². The van der Waals surface area contributed by atoms with E-state index in [-0.39, 0.29) is 11.9 Å². The smallest absolute Gasteiger partial charge is 0.234 e. The predicted molar refractivity (Wildman–Crippen MR) is 70.3 cm³/mol. The minimum absolute atomic E-state index is 0.347. The largest absolute Gasteiger partial charge is 0.497 e. The Morgan fingerprint density at radius 3 is 3.00 bits per heavy atom. The summed E-state index contributed by atoms with van der Waals surface area (Å²) in [7, 11) is 1.64. The van der Waals surface area contributed by atoms with Crippen molar-refractivity contribution in [1.29, 1.82) is 0 Å². The van der Waals surface area contributed by atoms with Crippen LogP contribution in [-0.2, 0) is 11.3 Å². The van der Waals surface area contributed by atoms with Crippen molar-refractivity contribution in [3.05, 3.63) is 30.0 Å². The molecule has 0 unspecified atom stereocenters. The molecule has 4 N–H and O–H groups in total. The fraction of sp³-hybridized carbons (Fsp3) is 0.308. The highest BCUT2D eigenvalue weighted by atomic mass is 16.5. The highest BCUT2D eigenvalue weighted by Gasteiger charge is 2.10. The van der Waals surface area contributed by atoms with Crippen molar-refractivity contribution >= 4 is 16.8 Å². The van der Waals surface area contributed by atoms with Crippen LogP contribution in [0.25, 0.3) is 10.9 Å². The number of benzene rings is 1. The van der Waals surface area contributed by atoms with Gasteiger partial charge >= 0.3 is 0 Å². The summed E-state index contributed by atoms with van der Waals surface area (Å²) < 4.78 is 5.20. The molecule has 5 nitrogen and oxygen atoms in total. The van der Waals surface area contributed by atoms with Crippen LogP contribution < -0.4 is 15.8 Å². The van der Waals surface area contributed by atoms with Crippen LogP contribution in [0.5, 0.6) is 5.75 Å². The molecule has 0 fully saturated rings. The highest BCUT2D eigenvalue weighted by Crippen LogP contribution is 2.23. The van der Waals surface area contributed by atoms with Crippen molar-refractivity contribution in [2.45, 2.75) is 19.5 Å². The zero-order valence-corrected chi connectivity index (χ0v) is 10.5. The molecule has 5 heteroatoms. The Kier molecular flexibility index (Phi) is 3.53. The number of rotatable bonds is 5. The van der Waals surface area contributed by atoms with Gasteiger partial charge in [0.1, 0.15) is 5.75 Å². The average molecular weight is 247 g/mol. The van der Waals surface area contributed by atoms with E-state index in [0.29, 0.717) is 6.54 Å². The van der Waals surface area contributed by atoms with Crippen LogP contribution >= 0.6 is 0 Å². The number of aromatic nitrogens is 1. The van der Waals surface area contributed by atoms with E-state index in [1.165, 1.54) is 0 Å². The first-order valence-electron chi connectivity index (χ1n) is 5.78. The fourth-order valence-electron chi connectivity index (χ4n) is 1.79. The van der Waals surface area contributed by atoms with Gasteiger partial charge in [-0.3, -0.25) is 4.79 Å². The van der Waals surface area contributed by atoms with Crippen molar-refractivity contribution < 1.29 is 9.53 Å². The van der Waals surface area contributed by atoms with Gasteiger partial charge in [0.25, 0.3) is 0 Å². The first-order chi connectivity index (χ1) is 8.61. The van der Waals surface area contributed by atoms with Crippen molar-refractivity contribution in [3.63, 3.8) is 0 Å². The van der Waals surface area contributed by atoms with Gasteiger partial charge < -0.3 is 20.8 Å². The lowest BCUT2D eigenvalue weighted by Crippen LogP contribution is -2.38. The molecule has 0 aliphatic heterocycles. The van der Waals surface area contributed by atoms with E-state index in [0.717, 1.165) is 22.2 Å². The first-order valence-corrected chi connectivity index (χ1v) is 5.78. The molecule has 0 saturated carbocycles. The summed E-state index contributed by atoms with van der Waals surface area (Å²) in [5, 5.41) is 4.16. The zero-order valence-electron chi connectivity index (χ0n) is 10.5. The summed E-state index contributed by atoms with van der Waals surface area (Å²) in [4.78, 5) is 14.1. The monoisotopic (exact) mass is 247 g/mol. The van der Waals surface area contributed by atoms with E-state index in [1.807, 2.05) is 24.4 Å². The lowest BCUT2D eigenvalue weighted by Gasteiger charge is -2.09. The molecule has 0 saturated heterocycles. The minimum Gasteiger partial charge on any atom is -0.497 e. The normalized spacial score (nSPS) is 12.6. The molecule has 1 aromatic carbocycles. The van der Waals surface area contributed by atoms with E-state index in [4.69, 9.17) is 10.5 Å². The Morgan fingerprint density at radius 1 is 1.56 bits per heavy atom. The molecule has 1 heterocycles. The summed E-state index contributed by atoms with van der Waals surface area (Å²) in [5.74, 6) is 0.457. The number of nitrogens with one attached hydrogen (secondary N) is 2. The first kappa shape index (κ1) is 12.4. The number of amides is 1. The summed E-state index contributed by atoms with van der Waals surface area (Å²) >= 11 is 0. The van der Waals surface area contributed by atoms with E-state index in [1.54, 1.807) is 14.0 Å². The zero-order chi connectivity index (χ0) is 13.1. The van der Waals surface area contributed by atoms with Crippen molar-refractivity contribution in [2.75, 3.05) is 7.11 Å². The number of hydrogen-bond acceptors (Lipinski definition) is 3. The summed E-state index contributed by atoms with van der Waals surface area (Å²) in [6, 6.07) is 5.50. The van der Waals surface area contributed by atoms with E-state index < -0.39 is 0 Å². The molecule has 0 aliphatic rings. The number of fused-ring (bicyclic) bond motifs is 1. The molecule has 2 aromatic rings. The van der Waals surface area contributed by atoms with Gasteiger partial charge in [-0.15, -0.1) is 0 Å². The second-order valence-corrected chi connectivity index (χ2v) is 4.23. The van der Waals surface area contributed by atoms with Gasteiger partial charge in [-0.2, -0.15) is 0 Å². The molecule has 18 heavy (non-hydrogen) atoms. The highest BCUT2D eigenvalue weighted by molar-refractivity contribution is 5.84. The van der Waals surface area contributed by atoms with Gasteiger partial charge in [-0.05, 0) is 30.7 Å². The second-order valence-electron chi connectivity index (χ2n) is 4.23. The Bertz CT molecular complexity index is 562.